The summed E-state index contributed by atoms with van der Waals surface area (Å²) in [7, 11) is -3.15. The van der Waals surface area contributed by atoms with Crippen molar-refractivity contribution in [3.05, 3.63) is 0 Å². The van der Waals surface area contributed by atoms with Crippen LogP contribution in [-0.2, 0) is 14.8 Å². The number of nitrogens with zero attached hydrogens (tertiary/aromatic N) is 1. The number of carbonyl (C=O) groups excluding carboxylic acids is 1. The Balaban J connectivity index is 2.57. The third-order valence-corrected chi connectivity index (χ3v) is 7.44. The number of ketones is 1. The highest BCUT2D eigenvalue weighted by Gasteiger charge is 2.35. The van der Waals surface area contributed by atoms with Crippen LogP contribution in [0.25, 0.3) is 0 Å². The number of piperidine rings is 1. The van der Waals surface area contributed by atoms with Crippen molar-refractivity contribution in [2.24, 2.45) is 17.3 Å². The molecule has 0 aliphatic carbocycles. The summed E-state index contributed by atoms with van der Waals surface area (Å²) in [6.07, 6.45) is 2.18. The summed E-state index contributed by atoms with van der Waals surface area (Å²) in [5.41, 5.74) is -0.291. The first-order valence-corrected chi connectivity index (χ1v) is 9.52. The minimum absolute atomic E-state index is 0.291. The second kappa shape index (κ2) is 6.78. The quantitative estimate of drug-likeness (QED) is 0.756. The smallest absolute Gasteiger partial charge is 0.216 e. The fourth-order valence-corrected chi connectivity index (χ4v) is 3.83. The van der Waals surface area contributed by atoms with Crippen LogP contribution in [0, 0.1) is 17.3 Å². The van der Waals surface area contributed by atoms with Crippen LogP contribution in [-0.4, -0.2) is 36.8 Å². The van der Waals surface area contributed by atoms with Gasteiger partial charge in [-0.1, -0.05) is 27.7 Å². The largest absolute Gasteiger partial charge is 0.299 e. The van der Waals surface area contributed by atoms with E-state index in [0.717, 1.165) is 12.8 Å². The lowest BCUT2D eigenvalue weighted by atomic mass is 9.74. The van der Waals surface area contributed by atoms with E-state index in [-0.39, 0.29) is 10.7 Å². The lowest BCUT2D eigenvalue weighted by molar-refractivity contribution is -0.130. The number of sulfonamides is 1. The number of Topliss-reactive ketones (excluding diaryl/α,β-unsaturated/α-hetero) is 1. The predicted molar refractivity (Wildman–Crippen MR) is 86.6 cm³/mol. The van der Waals surface area contributed by atoms with Gasteiger partial charge in [-0.2, -0.15) is 0 Å². The third kappa shape index (κ3) is 4.28. The molecule has 0 atom stereocenters. The molecule has 0 radical (unpaired) electrons. The van der Waals surface area contributed by atoms with Crippen LogP contribution in [0.3, 0.4) is 0 Å². The van der Waals surface area contributed by atoms with Crippen LogP contribution in [0.1, 0.15) is 60.8 Å². The second-order valence-corrected chi connectivity index (χ2v) is 9.93. The van der Waals surface area contributed by atoms with Gasteiger partial charge >= 0.3 is 0 Å². The molecule has 1 aliphatic rings. The van der Waals surface area contributed by atoms with Crippen LogP contribution in [0.2, 0.25) is 0 Å². The number of carbonyl (C=O) groups is 1. The van der Waals surface area contributed by atoms with E-state index in [1.165, 1.54) is 0 Å². The fourth-order valence-electron chi connectivity index (χ4n) is 2.51. The molecule has 5 heteroatoms. The molecule has 4 nitrogen and oxygen atoms in total. The molecule has 0 unspecified atom stereocenters. The van der Waals surface area contributed by atoms with Crippen molar-refractivity contribution < 1.29 is 13.2 Å². The standard InChI is InChI=1S/C16H31NO3S/c1-12(2)16(5,6)15(18)11-14-7-9-17(10-8-14)21(19,20)13(3)4/h12-14H,7-11H2,1-6H3. The van der Waals surface area contributed by atoms with Gasteiger partial charge in [-0.3, -0.25) is 4.79 Å². The number of rotatable bonds is 6. The molecule has 124 valence electrons. The Morgan fingerprint density at radius 3 is 2.00 bits per heavy atom. The topological polar surface area (TPSA) is 54.5 Å². The van der Waals surface area contributed by atoms with E-state index in [1.807, 2.05) is 13.8 Å². The molecular formula is C16H31NO3S. The Morgan fingerprint density at radius 1 is 1.14 bits per heavy atom. The highest BCUT2D eigenvalue weighted by molar-refractivity contribution is 7.89. The van der Waals surface area contributed by atoms with Gasteiger partial charge in [-0.05, 0) is 38.5 Å². The van der Waals surface area contributed by atoms with Crippen molar-refractivity contribution in [3.8, 4) is 0 Å². The Hall–Kier alpha value is -0.420. The SMILES string of the molecule is CC(C)C(C)(C)C(=O)CC1CCN(S(=O)(=O)C(C)C)CC1. The van der Waals surface area contributed by atoms with Crippen LogP contribution in [0.4, 0.5) is 0 Å². The average molecular weight is 317 g/mol. The van der Waals surface area contributed by atoms with Gasteiger partial charge in [-0.15, -0.1) is 0 Å². The van der Waals surface area contributed by atoms with Crippen LogP contribution < -0.4 is 0 Å². The molecule has 0 aromatic heterocycles. The number of hydrogen-bond acceptors (Lipinski definition) is 3. The van der Waals surface area contributed by atoms with Gasteiger partial charge in [0, 0.05) is 24.9 Å². The number of hydrogen-bond donors (Lipinski definition) is 0. The normalized spacial score (nSPS) is 19.4. The van der Waals surface area contributed by atoms with Crippen LogP contribution in [0.5, 0.6) is 0 Å². The van der Waals surface area contributed by atoms with Gasteiger partial charge in [0.25, 0.3) is 0 Å². The van der Waals surface area contributed by atoms with E-state index in [1.54, 1.807) is 18.2 Å². The zero-order chi connectivity index (χ0) is 16.4. The Bertz CT molecular complexity index is 458. The molecule has 0 saturated carbocycles. The van der Waals surface area contributed by atoms with Crippen LogP contribution >= 0.6 is 0 Å². The van der Waals surface area contributed by atoms with Gasteiger partial charge in [0.2, 0.25) is 10.0 Å². The van der Waals surface area contributed by atoms with Gasteiger partial charge in [0.05, 0.1) is 5.25 Å². The van der Waals surface area contributed by atoms with Crippen molar-refractivity contribution in [2.45, 2.75) is 66.1 Å². The maximum Gasteiger partial charge on any atom is 0.216 e. The molecule has 1 heterocycles. The van der Waals surface area contributed by atoms with Crippen LogP contribution in [0.15, 0.2) is 0 Å². The Morgan fingerprint density at radius 2 is 1.62 bits per heavy atom. The minimum atomic E-state index is -3.15. The molecule has 0 aromatic carbocycles. The summed E-state index contributed by atoms with van der Waals surface area (Å²) in [5, 5.41) is -0.365. The second-order valence-electron chi connectivity index (χ2n) is 7.44. The first-order chi connectivity index (χ1) is 9.49. The lowest BCUT2D eigenvalue weighted by Crippen LogP contribution is -2.42. The molecule has 0 spiro atoms. The lowest BCUT2D eigenvalue weighted by Gasteiger charge is -2.34. The van der Waals surface area contributed by atoms with Gasteiger partial charge in [-0.25, -0.2) is 12.7 Å². The molecule has 0 bridgehead atoms. The molecule has 21 heavy (non-hydrogen) atoms. The van der Waals surface area contributed by atoms with Gasteiger partial charge in [0.1, 0.15) is 5.78 Å². The van der Waals surface area contributed by atoms with Crippen molar-refractivity contribution in [1.82, 2.24) is 4.31 Å². The van der Waals surface area contributed by atoms with Gasteiger partial charge in [0.15, 0.2) is 0 Å². The summed E-state index contributed by atoms with van der Waals surface area (Å²) < 4.78 is 25.8. The van der Waals surface area contributed by atoms with E-state index in [0.29, 0.717) is 37.1 Å². The van der Waals surface area contributed by atoms with E-state index in [4.69, 9.17) is 0 Å². The molecule has 1 saturated heterocycles. The van der Waals surface area contributed by atoms with Crippen molar-refractivity contribution in [1.29, 1.82) is 0 Å². The van der Waals surface area contributed by atoms with E-state index >= 15 is 0 Å². The van der Waals surface area contributed by atoms with E-state index in [2.05, 4.69) is 13.8 Å². The highest BCUT2D eigenvalue weighted by Crippen LogP contribution is 2.32. The monoisotopic (exact) mass is 317 g/mol. The maximum atomic E-state index is 12.4. The summed E-state index contributed by atoms with van der Waals surface area (Å²) in [6, 6.07) is 0. The summed E-state index contributed by atoms with van der Waals surface area (Å²) in [4.78, 5) is 12.4. The maximum absolute atomic E-state index is 12.4. The zero-order valence-electron chi connectivity index (χ0n) is 14.3. The zero-order valence-corrected chi connectivity index (χ0v) is 15.2. The molecule has 1 rings (SSSR count). The highest BCUT2D eigenvalue weighted by atomic mass is 32.2. The van der Waals surface area contributed by atoms with E-state index < -0.39 is 10.0 Å². The Kier molecular flexibility index (Phi) is 6.01. The van der Waals surface area contributed by atoms with E-state index in [9.17, 15) is 13.2 Å². The van der Waals surface area contributed by atoms with Crippen molar-refractivity contribution >= 4 is 15.8 Å². The average Bonchev–Trinajstić information content (AvgIpc) is 2.38. The third-order valence-electron chi connectivity index (χ3n) is 5.17. The first-order valence-electron chi connectivity index (χ1n) is 8.01. The Labute approximate surface area is 130 Å². The summed E-state index contributed by atoms with van der Waals surface area (Å²) in [6.45, 7) is 12.7. The molecule has 1 fully saturated rings. The molecule has 0 amide bonds. The molecular weight excluding hydrogens is 286 g/mol. The van der Waals surface area contributed by atoms with Crippen molar-refractivity contribution in [2.75, 3.05) is 13.1 Å². The molecule has 0 N–H and O–H groups in total. The molecule has 1 aliphatic heterocycles. The summed E-state index contributed by atoms with van der Waals surface area (Å²) >= 11 is 0. The van der Waals surface area contributed by atoms with Gasteiger partial charge < -0.3 is 0 Å². The predicted octanol–water partition coefficient (Wildman–Crippen LogP) is 3.08. The summed E-state index contributed by atoms with van der Waals surface area (Å²) in [5.74, 6) is 0.961. The fraction of sp³-hybridized carbons (Fsp3) is 0.938. The molecule has 0 aromatic rings. The van der Waals surface area contributed by atoms with Crippen molar-refractivity contribution in [3.63, 3.8) is 0 Å². The minimum Gasteiger partial charge on any atom is -0.299 e. The first kappa shape index (κ1) is 18.6.